The summed E-state index contributed by atoms with van der Waals surface area (Å²) in [7, 11) is 0. The van der Waals surface area contributed by atoms with E-state index in [0.717, 1.165) is 0 Å². The predicted molar refractivity (Wildman–Crippen MR) is 60.2 cm³/mol. The van der Waals surface area contributed by atoms with E-state index < -0.39 is 0 Å². The van der Waals surface area contributed by atoms with Crippen LogP contribution >= 0.6 is 0 Å². The molecule has 4 nitrogen and oxygen atoms in total. The molecule has 1 aromatic heterocycles. The van der Waals surface area contributed by atoms with Crippen molar-refractivity contribution in [2.45, 2.75) is 0 Å². The number of benzene rings is 1. The maximum absolute atomic E-state index is 8.91. The van der Waals surface area contributed by atoms with Gasteiger partial charge in [0.05, 0.1) is 5.56 Å². The van der Waals surface area contributed by atoms with Gasteiger partial charge in [-0.25, -0.2) is 4.98 Å². The summed E-state index contributed by atoms with van der Waals surface area (Å²) in [5.74, 6) is 0.761. The second kappa shape index (κ2) is 4.78. The fourth-order valence-corrected chi connectivity index (χ4v) is 1.32. The molecule has 2 rings (SSSR count). The molecule has 0 radical (unpaired) electrons. The van der Waals surface area contributed by atoms with Crippen LogP contribution in [-0.2, 0) is 0 Å². The number of nitrogens with zero attached hydrogens (tertiary/aromatic N) is 3. The Bertz CT molecular complexity index is 568. The molecule has 2 aromatic rings. The number of para-hydroxylation sites is 1. The van der Waals surface area contributed by atoms with Crippen molar-refractivity contribution < 1.29 is 4.74 Å². The van der Waals surface area contributed by atoms with Gasteiger partial charge >= 0.3 is 0 Å². The highest BCUT2D eigenvalue weighted by molar-refractivity contribution is 5.47. The van der Waals surface area contributed by atoms with Gasteiger partial charge in [0.2, 0.25) is 0 Å². The second-order valence-corrected chi connectivity index (χ2v) is 3.17. The summed E-state index contributed by atoms with van der Waals surface area (Å²) in [6.45, 7) is 0. The third kappa shape index (κ3) is 2.22. The van der Waals surface area contributed by atoms with Gasteiger partial charge in [-0.15, -0.1) is 0 Å². The highest BCUT2D eigenvalue weighted by Gasteiger charge is 2.07. The van der Waals surface area contributed by atoms with Crippen molar-refractivity contribution in [2.75, 3.05) is 0 Å². The Hall–Kier alpha value is -2.85. The van der Waals surface area contributed by atoms with Crippen LogP contribution in [0.15, 0.2) is 42.6 Å². The highest BCUT2D eigenvalue weighted by atomic mass is 16.5. The van der Waals surface area contributed by atoms with Crippen molar-refractivity contribution in [1.29, 1.82) is 10.5 Å². The van der Waals surface area contributed by atoms with Crippen molar-refractivity contribution in [3.63, 3.8) is 0 Å². The molecule has 80 valence electrons. The third-order valence-corrected chi connectivity index (χ3v) is 2.10. The lowest BCUT2D eigenvalue weighted by atomic mass is 10.2. The van der Waals surface area contributed by atoms with Gasteiger partial charge in [0.1, 0.15) is 17.9 Å². The molecule has 0 aliphatic rings. The second-order valence-electron chi connectivity index (χ2n) is 3.17. The number of rotatable bonds is 2. The first-order valence-corrected chi connectivity index (χ1v) is 4.87. The zero-order chi connectivity index (χ0) is 12.1. The summed E-state index contributed by atoms with van der Waals surface area (Å²) < 4.78 is 5.51. The smallest absolute Gasteiger partial charge is 0.183 e. The molecule has 0 saturated heterocycles. The minimum atomic E-state index is 0.195. The zero-order valence-corrected chi connectivity index (χ0v) is 8.79. The van der Waals surface area contributed by atoms with Crippen LogP contribution in [0.3, 0.4) is 0 Å². The Balaban J connectivity index is 2.40. The fourth-order valence-electron chi connectivity index (χ4n) is 1.32. The summed E-state index contributed by atoms with van der Waals surface area (Å²) in [5, 5.41) is 17.8. The van der Waals surface area contributed by atoms with Gasteiger partial charge in [0.15, 0.2) is 11.4 Å². The van der Waals surface area contributed by atoms with Gasteiger partial charge in [0, 0.05) is 6.20 Å². The lowest BCUT2D eigenvalue weighted by Gasteiger charge is -2.07. The number of nitriles is 2. The maximum Gasteiger partial charge on any atom is 0.183 e. The molecule has 0 atom stereocenters. The number of hydrogen-bond donors (Lipinski definition) is 0. The van der Waals surface area contributed by atoms with Crippen LogP contribution in [-0.4, -0.2) is 4.98 Å². The number of pyridine rings is 1. The van der Waals surface area contributed by atoms with Crippen molar-refractivity contribution in [3.8, 4) is 23.6 Å². The maximum atomic E-state index is 8.91. The van der Waals surface area contributed by atoms with Crippen LogP contribution in [0.1, 0.15) is 11.3 Å². The zero-order valence-electron chi connectivity index (χ0n) is 8.79. The lowest BCUT2D eigenvalue weighted by molar-refractivity contribution is 0.477. The Morgan fingerprint density at radius 3 is 2.47 bits per heavy atom. The van der Waals surface area contributed by atoms with E-state index in [2.05, 4.69) is 4.98 Å². The first-order chi connectivity index (χ1) is 8.35. The van der Waals surface area contributed by atoms with Crippen molar-refractivity contribution in [3.05, 3.63) is 53.9 Å². The van der Waals surface area contributed by atoms with E-state index in [-0.39, 0.29) is 5.69 Å². The van der Waals surface area contributed by atoms with Gasteiger partial charge in [-0.1, -0.05) is 12.1 Å². The monoisotopic (exact) mass is 221 g/mol. The normalized spacial score (nSPS) is 9.06. The molecule has 1 heterocycles. The van der Waals surface area contributed by atoms with E-state index in [1.165, 1.54) is 6.20 Å². The first-order valence-electron chi connectivity index (χ1n) is 4.87. The van der Waals surface area contributed by atoms with E-state index >= 15 is 0 Å². The van der Waals surface area contributed by atoms with Crippen LogP contribution in [0.2, 0.25) is 0 Å². The summed E-state index contributed by atoms with van der Waals surface area (Å²) in [6, 6.07) is 14.1. The Kier molecular flexibility index (Phi) is 3.00. The van der Waals surface area contributed by atoms with Crippen LogP contribution in [0.25, 0.3) is 0 Å². The molecule has 0 aliphatic heterocycles. The summed E-state index contributed by atoms with van der Waals surface area (Å²) in [6.07, 6.45) is 1.52. The summed E-state index contributed by atoms with van der Waals surface area (Å²) in [4.78, 5) is 3.88. The van der Waals surface area contributed by atoms with Gasteiger partial charge < -0.3 is 4.74 Å². The molecule has 0 amide bonds. The molecule has 0 fully saturated rings. The summed E-state index contributed by atoms with van der Waals surface area (Å²) >= 11 is 0. The molecule has 0 saturated carbocycles. The Labute approximate surface area is 98.3 Å². The molecule has 4 heteroatoms. The van der Waals surface area contributed by atoms with Crippen molar-refractivity contribution in [2.24, 2.45) is 0 Å². The minimum absolute atomic E-state index is 0.195. The van der Waals surface area contributed by atoms with E-state index in [4.69, 9.17) is 15.3 Å². The van der Waals surface area contributed by atoms with Crippen LogP contribution < -0.4 is 4.74 Å². The number of ether oxygens (including phenoxy) is 1. The van der Waals surface area contributed by atoms with Crippen LogP contribution in [0, 0.1) is 22.7 Å². The lowest BCUT2D eigenvalue weighted by Crippen LogP contribution is -1.92. The third-order valence-electron chi connectivity index (χ3n) is 2.10. The van der Waals surface area contributed by atoms with Gasteiger partial charge in [-0.3, -0.25) is 0 Å². The van der Waals surface area contributed by atoms with Crippen molar-refractivity contribution >= 4 is 0 Å². The van der Waals surface area contributed by atoms with Crippen molar-refractivity contribution in [1.82, 2.24) is 4.98 Å². The molecular weight excluding hydrogens is 214 g/mol. The molecule has 0 aliphatic carbocycles. The van der Waals surface area contributed by atoms with E-state index in [1.807, 2.05) is 12.1 Å². The number of aromatic nitrogens is 1. The average Bonchev–Trinajstić information content (AvgIpc) is 2.40. The average molecular weight is 221 g/mol. The van der Waals surface area contributed by atoms with Crippen LogP contribution in [0.5, 0.6) is 11.5 Å². The molecule has 0 unspecified atom stereocenters. The highest BCUT2D eigenvalue weighted by Crippen LogP contribution is 2.26. The molecule has 17 heavy (non-hydrogen) atoms. The topological polar surface area (TPSA) is 69.7 Å². The largest absolute Gasteiger partial charge is 0.453 e. The quantitative estimate of drug-likeness (QED) is 0.781. The Morgan fingerprint density at radius 2 is 1.71 bits per heavy atom. The minimum Gasteiger partial charge on any atom is -0.453 e. The van der Waals surface area contributed by atoms with E-state index in [1.54, 1.807) is 36.4 Å². The Morgan fingerprint density at radius 1 is 0.941 bits per heavy atom. The van der Waals surface area contributed by atoms with Gasteiger partial charge in [-0.2, -0.15) is 10.5 Å². The summed E-state index contributed by atoms with van der Waals surface area (Å²) in [5.41, 5.74) is 0.612. The molecule has 0 spiro atoms. The first kappa shape index (κ1) is 10.7. The van der Waals surface area contributed by atoms with Crippen LogP contribution in [0.4, 0.5) is 0 Å². The molecular formula is C13H7N3O. The fraction of sp³-hybridized carbons (Fsp3) is 0. The molecule has 0 bridgehead atoms. The predicted octanol–water partition coefficient (Wildman–Crippen LogP) is 2.62. The molecule has 1 aromatic carbocycles. The number of hydrogen-bond acceptors (Lipinski definition) is 4. The standard InChI is InChI=1S/C13H7N3O/c14-8-10-4-1-2-5-12(10)17-13-6-3-7-16-11(13)9-15/h1-7H. The van der Waals surface area contributed by atoms with Gasteiger partial charge in [-0.05, 0) is 24.3 Å². The van der Waals surface area contributed by atoms with Gasteiger partial charge in [0.25, 0.3) is 0 Å². The van der Waals surface area contributed by atoms with E-state index in [9.17, 15) is 0 Å². The SMILES string of the molecule is N#Cc1ccccc1Oc1cccnc1C#N. The molecule has 0 N–H and O–H groups in total. The van der Waals surface area contributed by atoms with E-state index in [0.29, 0.717) is 17.1 Å².